The molecule has 0 aromatic rings. The van der Waals surface area contributed by atoms with Crippen LogP contribution in [0.4, 0.5) is 0 Å². The molecule has 0 aromatic carbocycles. The maximum absolute atomic E-state index is 11.6. The van der Waals surface area contributed by atoms with Gasteiger partial charge < -0.3 is 0 Å². The molecule has 1 fully saturated rings. The molecule has 0 heterocycles. The van der Waals surface area contributed by atoms with Gasteiger partial charge in [-0.1, -0.05) is 19.1 Å². The Hall–Kier alpha value is -0.330. The summed E-state index contributed by atoms with van der Waals surface area (Å²) in [6.45, 7) is 0.662. The van der Waals surface area contributed by atoms with Crippen LogP contribution in [0.25, 0.3) is 0 Å². The molecule has 0 aromatic heterocycles. The maximum atomic E-state index is 11.6. The van der Waals surface area contributed by atoms with Crippen LogP contribution in [0, 0.1) is 5.89 Å². The Kier molecular flexibility index (Phi) is 0.439. The van der Waals surface area contributed by atoms with Gasteiger partial charge in [0.05, 0.1) is 0 Å². The normalized spacial score (nSPS) is 71.4. The molecule has 52 valence electrons. The predicted octanol–water partition coefficient (Wildman–Crippen LogP) is 2.16. The van der Waals surface area contributed by atoms with Crippen LogP contribution in [0.15, 0.2) is 0 Å². The molecular weight excluding hydrogens is 112 g/mol. The Morgan fingerprint density at radius 3 is 2.56 bits per heavy atom. The third kappa shape index (κ3) is 1.81. The first-order chi connectivity index (χ1) is 8.44. The van der Waals surface area contributed by atoms with Crippen molar-refractivity contribution in [2.24, 2.45) is 5.89 Å². The Bertz CT molecular complexity index is 421. The molecular formula is C8H14O. The van der Waals surface area contributed by atoms with E-state index in [0.29, 0.717) is 6.92 Å². The Labute approximate surface area is 71.9 Å². The Balaban J connectivity index is 3.88. The monoisotopic (exact) mass is 137 g/mol. The third-order valence-corrected chi connectivity index (χ3v) is 0.852. The number of rotatable bonds is 1. The minimum Gasteiger partial charge on any atom is -0.300 e. The van der Waals surface area contributed by atoms with Crippen molar-refractivity contribution in [2.45, 2.75) is 38.8 Å². The van der Waals surface area contributed by atoms with E-state index in [2.05, 4.69) is 0 Å². The van der Waals surface area contributed by atoms with Crippen molar-refractivity contribution in [3.63, 3.8) is 0 Å². The van der Waals surface area contributed by atoms with Crippen molar-refractivity contribution in [1.82, 2.24) is 0 Å². The van der Waals surface area contributed by atoms with E-state index in [9.17, 15) is 4.79 Å². The van der Waals surface area contributed by atoms with Gasteiger partial charge >= 0.3 is 0 Å². The van der Waals surface area contributed by atoms with Gasteiger partial charge in [-0.05, 0) is 19.7 Å². The van der Waals surface area contributed by atoms with Crippen LogP contribution in [0.5, 0.6) is 0 Å². The van der Waals surface area contributed by atoms with Crippen LogP contribution in [0.1, 0.15) is 53.9 Å². The van der Waals surface area contributed by atoms with Gasteiger partial charge in [0.15, 0.2) is 0 Å². The van der Waals surface area contributed by atoms with Gasteiger partial charge in [-0.2, -0.15) is 0 Å². The number of ketones is 1. The molecule has 1 aliphatic rings. The number of hydrogen-bond donors (Lipinski definition) is 0. The number of carbonyl (C=O) groups is 1. The zero-order chi connectivity index (χ0) is 16.6. The number of hydrogen-bond acceptors (Lipinski definition) is 1. The fourth-order valence-corrected chi connectivity index (χ4v) is 0.426. The molecule has 1 nitrogen and oxygen atoms in total. The first-order valence-electron chi connectivity index (χ1n) is 7.95. The molecule has 0 saturated heterocycles. The van der Waals surface area contributed by atoms with Crippen LogP contribution in [-0.4, -0.2) is 5.78 Å². The summed E-state index contributed by atoms with van der Waals surface area (Å²) in [6.07, 6.45) is -17.9. The molecule has 1 heteroatoms. The second-order valence-electron chi connectivity index (χ2n) is 1.56. The molecule has 1 aliphatic carbocycles. The number of carbonyl (C=O) groups excluding carboxylic acids is 1. The van der Waals surface area contributed by atoms with E-state index in [1.165, 1.54) is 0 Å². The van der Waals surface area contributed by atoms with E-state index in [1.807, 2.05) is 0 Å². The lowest BCUT2D eigenvalue weighted by Gasteiger charge is -2.17. The van der Waals surface area contributed by atoms with Crippen molar-refractivity contribution in [2.75, 3.05) is 0 Å². The highest BCUT2D eigenvalue weighted by Crippen LogP contribution is 2.23. The maximum Gasteiger partial charge on any atom is 0.132 e. The van der Waals surface area contributed by atoms with Gasteiger partial charge in [0.1, 0.15) is 5.78 Å². The summed E-state index contributed by atoms with van der Waals surface area (Å²) < 4.78 is 83.6. The highest BCUT2D eigenvalue weighted by Gasteiger charge is 2.16. The van der Waals surface area contributed by atoms with Crippen LogP contribution in [0.2, 0.25) is 0 Å². The largest absolute Gasteiger partial charge is 0.300 e. The summed E-state index contributed by atoms with van der Waals surface area (Å²) in [5.41, 5.74) is 0. The first-order valence-corrected chi connectivity index (χ1v) is 2.45. The van der Waals surface area contributed by atoms with Crippen LogP contribution >= 0.6 is 0 Å². The summed E-state index contributed by atoms with van der Waals surface area (Å²) in [5.74, 6) is -4.82. The van der Waals surface area contributed by atoms with Crippen molar-refractivity contribution in [1.29, 1.82) is 0 Å². The fourth-order valence-electron chi connectivity index (χ4n) is 0.426. The molecule has 0 N–H and O–H groups in total. The van der Waals surface area contributed by atoms with E-state index in [0.717, 1.165) is 0 Å². The lowest BCUT2D eigenvalue weighted by molar-refractivity contribution is -0.121. The van der Waals surface area contributed by atoms with E-state index in [4.69, 9.17) is 15.1 Å². The van der Waals surface area contributed by atoms with Gasteiger partial charge in [0.25, 0.3) is 0 Å². The smallest absolute Gasteiger partial charge is 0.132 e. The van der Waals surface area contributed by atoms with Crippen LogP contribution in [0.3, 0.4) is 0 Å². The molecule has 1 rings (SSSR count). The zero-order valence-corrected chi connectivity index (χ0v) is 4.91. The standard InChI is InChI=1S/C8H14O/c1-7(9)8-5-3-2-4-6-8/h8H,2-6H2,1H3/i2D2,3D2,4D2,5D2,6D2,8D. The molecule has 0 spiro atoms. The molecule has 0 unspecified atom stereocenters. The van der Waals surface area contributed by atoms with Gasteiger partial charge in [0, 0.05) is 21.0 Å². The fraction of sp³-hybridized carbons (Fsp3) is 0.875. The van der Waals surface area contributed by atoms with Gasteiger partial charge in [-0.25, -0.2) is 0 Å². The SMILES string of the molecule is [2H]C1([2H])C([2H])([2H])C([2H])([2H])C([2H])(C(C)=O)C([2H])([2H])C1([2H])[2H]. The predicted molar refractivity (Wildman–Crippen MR) is 37.3 cm³/mol. The van der Waals surface area contributed by atoms with E-state index in [1.54, 1.807) is 0 Å². The quantitative estimate of drug-likeness (QED) is 0.541. The van der Waals surface area contributed by atoms with Crippen LogP contribution < -0.4 is 0 Å². The van der Waals surface area contributed by atoms with Crippen LogP contribution in [-0.2, 0) is 4.79 Å². The summed E-state index contributed by atoms with van der Waals surface area (Å²) in [6, 6.07) is 0. The Morgan fingerprint density at radius 1 is 1.56 bits per heavy atom. The summed E-state index contributed by atoms with van der Waals surface area (Å²) in [5, 5.41) is 0. The number of Topliss-reactive ketones (excluding diaryl/α,β-unsaturated/α-hetero) is 1. The molecule has 0 radical (unpaired) electrons. The lowest BCUT2D eigenvalue weighted by Crippen LogP contribution is -2.13. The van der Waals surface area contributed by atoms with Crippen molar-refractivity contribution in [3.8, 4) is 0 Å². The first kappa shape index (κ1) is 1.32. The zero-order valence-electron chi connectivity index (χ0n) is 15.9. The molecule has 0 aliphatic heterocycles. The second kappa shape index (κ2) is 3.00. The van der Waals surface area contributed by atoms with Gasteiger partial charge in [-0.15, -0.1) is 0 Å². The molecule has 1 saturated carbocycles. The summed E-state index contributed by atoms with van der Waals surface area (Å²) >= 11 is 0. The lowest BCUT2D eigenvalue weighted by atomic mass is 9.87. The van der Waals surface area contributed by atoms with Gasteiger partial charge in [-0.3, -0.25) is 4.79 Å². The highest BCUT2D eigenvalue weighted by atomic mass is 16.1. The summed E-state index contributed by atoms with van der Waals surface area (Å²) in [4.78, 5) is 11.6. The molecule has 9 heavy (non-hydrogen) atoms. The molecule has 0 bridgehead atoms. The van der Waals surface area contributed by atoms with Gasteiger partial charge in [0.2, 0.25) is 0 Å². The second-order valence-corrected chi connectivity index (χ2v) is 1.56. The minimum absolute atomic E-state index is 0.662. The average molecular weight is 137 g/mol. The van der Waals surface area contributed by atoms with E-state index >= 15 is 0 Å². The third-order valence-electron chi connectivity index (χ3n) is 0.852. The molecule has 0 atom stereocenters. The van der Waals surface area contributed by atoms with Crippen molar-refractivity contribution < 1.29 is 19.9 Å². The minimum atomic E-state index is -3.58. The van der Waals surface area contributed by atoms with E-state index in [-0.39, 0.29) is 0 Å². The average Bonchev–Trinajstić information content (AvgIpc) is 2.24. The molecule has 0 amide bonds. The van der Waals surface area contributed by atoms with Crippen molar-refractivity contribution in [3.05, 3.63) is 0 Å². The van der Waals surface area contributed by atoms with Crippen molar-refractivity contribution >= 4 is 5.78 Å². The highest BCUT2D eigenvalue weighted by molar-refractivity contribution is 5.78. The summed E-state index contributed by atoms with van der Waals surface area (Å²) in [7, 11) is 0. The van der Waals surface area contributed by atoms with E-state index < -0.39 is 43.5 Å². The topological polar surface area (TPSA) is 17.1 Å². The Morgan fingerprint density at radius 2 is 2.11 bits per heavy atom.